The van der Waals surface area contributed by atoms with Gasteiger partial charge in [-0.05, 0) is 56.9 Å². The van der Waals surface area contributed by atoms with E-state index < -0.39 is 0 Å². The average molecular weight is 357 g/mol. The Morgan fingerprint density at radius 3 is 2.73 bits per heavy atom. The van der Waals surface area contributed by atoms with Crippen LogP contribution < -0.4 is 0 Å². The molecule has 0 spiro atoms. The first-order valence-electron chi connectivity index (χ1n) is 9.41. The summed E-state index contributed by atoms with van der Waals surface area (Å²) < 4.78 is 20.7. The Morgan fingerprint density at radius 1 is 1.19 bits per heavy atom. The third-order valence-electron chi connectivity index (χ3n) is 5.23. The summed E-state index contributed by atoms with van der Waals surface area (Å²) in [5.74, 6) is -0.287. The molecular weight excluding hydrogens is 333 g/mol. The highest BCUT2D eigenvalue weighted by atomic mass is 19.1. The number of nitrogens with zero attached hydrogens (tertiary/aromatic N) is 3. The van der Waals surface area contributed by atoms with Crippen molar-refractivity contribution in [3.05, 3.63) is 47.0 Å². The van der Waals surface area contributed by atoms with Gasteiger partial charge in [0.25, 0.3) is 5.91 Å². The largest absolute Gasteiger partial charge is 0.375 e. The van der Waals surface area contributed by atoms with Crippen LogP contribution >= 0.6 is 0 Å². The highest BCUT2D eigenvalue weighted by Crippen LogP contribution is 2.27. The van der Waals surface area contributed by atoms with E-state index in [9.17, 15) is 9.18 Å². The van der Waals surface area contributed by atoms with Crippen LogP contribution in [-0.4, -0.2) is 46.4 Å². The van der Waals surface area contributed by atoms with Crippen molar-refractivity contribution >= 4 is 5.91 Å². The molecule has 5 nitrogen and oxygen atoms in total. The maximum atomic E-state index is 13.3. The molecule has 26 heavy (non-hydrogen) atoms. The predicted molar refractivity (Wildman–Crippen MR) is 96.1 cm³/mol. The van der Waals surface area contributed by atoms with Crippen molar-refractivity contribution in [3.63, 3.8) is 0 Å². The lowest BCUT2D eigenvalue weighted by atomic mass is 10.1. The van der Waals surface area contributed by atoms with Crippen LogP contribution in [0.2, 0.25) is 0 Å². The summed E-state index contributed by atoms with van der Waals surface area (Å²) in [6.45, 7) is 3.74. The topological polar surface area (TPSA) is 47.4 Å². The number of halogens is 1. The summed E-state index contributed by atoms with van der Waals surface area (Å²) in [5, 5.41) is 4.70. The summed E-state index contributed by atoms with van der Waals surface area (Å²) >= 11 is 0. The summed E-state index contributed by atoms with van der Waals surface area (Å²) in [4.78, 5) is 15.0. The second-order valence-electron chi connectivity index (χ2n) is 7.16. The van der Waals surface area contributed by atoms with E-state index in [0.29, 0.717) is 25.4 Å². The average Bonchev–Trinajstić information content (AvgIpc) is 2.83. The van der Waals surface area contributed by atoms with Gasteiger partial charge in [-0.15, -0.1) is 0 Å². The highest BCUT2D eigenvalue weighted by molar-refractivity contribution is 5.94. The molecule has 6 heteroatoms. The number of hydrogen-bond donors (Lipinski definition) is 0. The van der Waals surface area contributed by atoms with Gasteiger partial charge in [-0.2, -0.15) is 5.10 Å². The van der Waals surface area contributed by atoms with Crippen LogP contribution in [0.5, 0.6) is 0 Å². The standard InChI is InChI=1S/C20H24FN3O2/c1-14-13-23(11-12-26-14)20(25)19-17-5-3-2-4-6-18(17)24(22-19)16-9-7-15(21)8-10-16/h7-10,14H,2-6,11-13H2,1H3/t14-/m1/s1. The van der Waals surface area contributed by atoms with Crippen molar-refractivity contribution in [2.24, 2.45) is 0 Å². The van der Waals surface area contributed by atoms with Crippen LogP contribution in [-0.2, 0) is 17.6 Å². The first-order chi connectivity index (χ1) is 12.6. The van der Waals surface area contributed by atoms with Crippen LogP contribution in [0, 0.1) is 5.82 Å². The van der Waals surface area contributed by atoms with Crippen LogP contribution in [0.15, 0.2) is 24.3 Å². The Bertz CT molecular complexity index is 800. The van der Waals surface area contributed by atoms with Crippen LogP contribution in [0.4, 0.5) is 4.39 Å². The van der Waals surface area contributed by atoms with Crippen molar-refractivity contribution in [2.45, 2.75) is 45.1 Å². The molecule has 1 atom stereocenters. The number of carbonyl (C=O) groups is 1. The van der Waals surface area contributed by atoms with Gasteiger partial charge in [-0.3, -0.25) is 4.79 Å². The molecule has 2 heterocycles. The van der Waals surface area contributed by atoms with Gasteiger partial charge >= 0.3 is 0 Å². The molecule has 1 aliphatic carbocycles. The molecule has 1 aromatic carbocycles. The van der Waals surface area contributed by atoms with Crippen LogP contribution in [0.1, 0.15) is 47.9 Å². The number of rotatable bonds is 2. The third-order valence-corrected chi connectivity index (χ3v) is 5.23. The van der Waals surface area contributed by atoms with Crippen molar-refractivity contribution in [1.82, 2.24) is 14.7 Å². The van der Waals surface area contributed by atoms with E-state index in [0.717, 1.165) is 49.0 Å². The van der Waals surface area contributed by atoms with Gasteiger partial charge in [0, 0.05) is 24.3 Å². The second-order valence-corrected chi connectivity index (χ2v) is 7.16. The molecule has 138 valence electrons. The van der Waals surface area contributed by atoms with E-state index in [1.807, 2.05) is 16.5 Å². The Labute approximate surface area is 152 Å². The van der Waals surface area contributed by atoms with Gasteiger partial charge in [0.05, 0.1) is 18.4 Å². The number of morpholine rings is 1. The number of aromatic nitrogens is 2. The first-order valence-corrected chi connectivity index (χ1v) is 9.41. The van der Waals surface area contributed by atoms with Crippen molar-refractivity contribution in [3.8, 4) is 5.69 Å². The fourth-order valence-corrected chi connectivity index (χ4v) is 3.90. The quantitative estimate of drug-likeness (QED) is 0.776. The zero-order valence-electron chi connectivity index (χ0n) is 15.1. The number of hydrogen-bond acceptors (Lipinski definition) is 3. The number of amides is 1. The maximum absolute atomic E-state index is 13.3. The fraction of sp³-hybridized carbons (Fsp3) is 0.500. The van der Waals surface area contributed by atoms with E-state index in [2.05, 4.69) is 0 Å². The highest BCUT2D eigenvalue weighted by Gasteiger charge is 2.30. The molecular formula is C20H24FN3O2. The minimum Gasteiger partial charge on any atom is -0.375 e. The minimum atomic E-state index is -0.273. The fourth-order valence-electron chi connectivity index (χ4n) is 3.90. The lowest BCUT2D eigenvalue weighted by molar-refractivity contribution is -0.0126. The Hall–Kier alpha value is -2.21. The zero-order valence-corrected chi connectivity index (χ0v) is 15.1. The van der Waals surface area contributed by atoms with E-state index in [-0.39, 0.29) is 17.8 Å². The van der Waals surface area contributed by atoms with E-state index >= 15 is 0 Å². The lowest BCUT2D eigenvalue weighted by Crippen LogP contribution is -2.44. The van der Waals surface area contributed by atoms with Gasteiger partial charge in [0.1, 0.15) is 5.82 Å². The monoisotopic (exact) mass is 357 g/mol. The minimum absolute atomic E-state index is 0.0147. The normalized spacial score (nSPS) is 20.5. The van der Waals surface area contributed by atoms with Gasteiger partial charge in [-0.1, -0.05) is 6.42 Å². The number of carbonyl (C=O) groups excluding carboxylic acids is 1. The lowest BCUT2D eigenvalue weighted by Gasteiger charge is -2.30. The Balaban J connectivity index is 1.74. The number of fused-ring (bicyclic) bond motifs is 1. The van der Waals surface area contributed by atoms with Gasteiger partial charge in [-0.25, -0.2) is 9.07 Å². The first kappa shape index (κ1) is 17.2. The molecule has 0 N–H and O–H groups in total. The van der Waals surface area contributed by atoms with Crippen molar-refractivity contribution in [2.75, 3.05) is 19.7 Å². The Kier molecular flexibility index (Phi) is 4.76. The van der Waals surface area contributed by atoms with E-state index in [4.69, 9.17) is 9.84 Å². The number of ether oxygens (including phenoxy) is 1. The second kappa shape index (κ2) is 7.19. The van der Waals surface area contributed by atoms with Gasteiger partial charge < -0.3 is 9.64 Å². The maximum Gasteiger partial charge on any atom is 0.274 e. The van der Waals surface area contributed by atoms with E-state index in [1.54, 1.807) is 12.1 Å². The summed E-state index contributed by atoms with van der Waals surface area (Å²) in [5.41, 5.74) is 3.52. The summed E-state index contributed by atoms with van der Waals surface area (Å²) in [7, 11) is 0. The van der Waals surface area contributed by atoms with Crippen LogP contribution in [0.25, 0.3) is 5.69 Å². The molecule has 4 rings (SSSR count). The molecule has 1 aliphatic heterocycles. The van der Waals surface area contributed by atoms with E-state index in [1.165, 1.54) is 12.1 Å². The SMILES string of the molecule is C[C@@H]1CN(C(=O)c2nn(-c3ccc(F)cc3)c3c2CCCCC3)CCO1. The van der Waals surface area contributed by atoms with Gasteiger partial charge in [0.15, 0.2) is 5.69 Å². The van der Waals surface area contributed by atoms with Crippen molar-refractivity contribution < 1.29 is 13.9 Å². The molecule has 2 aliphatic rings. The molecule has 1 fully saturated rings. The molecule has 0 unspecified atom stereocenters. The zero-order chi connectivity index (χ0) is 18.1. The molecule has 1 aromatic heterocycles. The molecule has 0 saturated carbocycles. The smallest absolute Gasteiger partial charge is 0.274 e. The van der Waals surface area contributed by atoms with Crippen molar-refractivity contribution in [1.29, 1.82) is 0 Å². The third kappa shape index (κ3) is 3.26. The van der Waals surface area contributed by atoms with Gasteiger partial charge in [0.2, 0.25) is 0 Å². The number of benzene rings is 1. The Morgan fingerprint density at radius 2 is 1.96 bits per heavy atom. The summed E-state index contributed by atoms with van der Waals surface area (Å²) in [6.07, 6.45) is 5.12. The molecule has 1 amide bonds. The summed E-state index contributed by atoms with van der Waals surface area (Å²) in [6, 6.07) is 6.31. The molecule has 2 aromatic rings. The van der Waals surface area contributed by atoms with Crippen LogP contribution in [0.3, 0.4) is 0 Å². The molecule has 0 bridgehead atoms. The molecule has 1 saturated heterocycles. The molecule has 0 radical (unpaired) electrons. The predicted octanol–water partition coefficient (Wildman–Crippen LogP) is 3.14.